The molecule has 1 aliphatic heterocycles. The highest BCUT2D eigenvalue weighted by Crippen LogP contribution is 2.44. The molecule has 0 aromatic heterocycles. The number of carboxylic acid groups (broad SMARTS) is 1. The molecule has 1 atom stereocenters. The molecule has 1 unspecified atom stereocenters. The molecule has 0 saturated heterocycles. The minimum Gasteiger partial charge on any atom is -0.488 e. The summed E-state index contributed by atoms with van der Waals surface area (Å²) in [5.74, 6) is -2.11. The van der Waals surface area contributed by atoms with Crippen molar-refractivity contribution < 1.29 is 23.8 Å². The summed E-state index contributed by atoms with van der Waals surface area (Å²) < 4.78 is 19.6. The molecule has 1 aliphatic rings. The maximum Gasteiger partial charge on any atom is 0.326 e. The van der Waals surface area contributed by atoms with Crippen LogP contribution in [-0.4, -0.2) is 29.6 Å². The SMILES string of the molecule is O=C(NC(Cc1ccc(-c2c(Cl)cc(F)cc2Cl)c2c1C=CCO2)C(=O)O)c1c(Cl)cccc1Cl. The second-order valence-corrected chi connectivity index (χ2v) is 9.27. The smallest absolute Gasteiger partial charge is 0.326 e. The van der Waals surface area contributed by atoms with E-state index in [1.165, 1.54) is 12.1 Å². The molecule has 0 bridgehead atoms. The molecule has 35 heavy (non-hydrogen) atoms. The van der Waals surface area contributed by atoms with Crippen LogP contribution in [0.3, 0.4) is 0 Å². The number of amides is 1. The predicted octanol–water partition coefficient (Wildman–Crippen LogP) is 6.94. The molecule has 0 fully saturated rings. The number of fused-ring (bicyclic) bond motifs is 1. The van der Waals surface area contributed by atoms with Crippen LogP contribution in [0.1, 0.15) is 21.5 Å². The van der Waals surface area contributed by atoms with Crippen LogP contribution in [-0.2, 0) is 11.2 Å². The van der Waals surface area contributed by atoms with Gasteiger partial charge in [-0.25, -0.2) is 9.18 Å². The van der Waals surface area contributed by atoms with Gasteiger partial charge in [0.1, 0.15) is 24.2 Å². The van der Waals surface area contributed by atoms with Crippen LogP contribution in [0.2, 0.25) is 20.1 Å². The number of rotatable bonds is 6. The van der Waals surface area contributed by atoms with Crippen molar-refractivity contribution >= 4 is 64.4 Å². The molecule has 3 aromatic carbocycles. The van der Waals surface area contributed by atoms with E-state index in [1.54, 1.807) is 30.4 Å². The summed E-state index contributed by atoms with van der Waals surface area (Å²) in [7, 11) is 0. The van der Waals surface area contributed by atoms with Crippen molar-refractivity contribution in [3.05, 3.63) is 91.1 Å². The van der Waals surface area contributed by atoms with E-state index in [2.05, 4.69) is 5.32 Å². The summed E-state index contributed by atoms with van der Waals surface area (Å²) in [5.41, 5.74) is 2.10. The lowest BCUT2D eigenvalue weighted by atomic mass is 9.92. The van der Waals surface area contributed by atoms with Gasteiger partial charge in [0.25, 0.3) is 5.91 Å². The summed E-state index contributed by atoms with van der Waals surface area (Å²) >= 11 is 24.7. The number of hydrogen-bond donors (Lipinski definition) is 2. The average Bonchev–Trinajstić information content (AvgIpc) is 2.79. The Kier molecular flexibility index (Phi) is 7.57. The predicted molar refractivity (Wildman–Crippen MR) is 135 cm³/mol. The minimum atomic E-state index is -1.29. The van der Waals surface area contributed by atoms with Crippen LogP contribution in [0.25, 0.3) is 17.2 Å². The van der Waals surface area contributed by atoms with Crippen LogP contribution in [0.5, 0.6) is 5.75 Å². The van der Waals surface area contributed by atoms with E-state index in [9.17, 15) is 19.1 Å². The molecular formula is C25H16Cl4FNO4. The van der Waals surface area contributed by atoms with E-state index in [0.717, 1.165) is 12.1 Å². The zero-order chi connectivity index (χ0) is 25.3. The molecule has 0 saturated carbocycles. The van der Waals surface area contributed by atoms with Gasteiger partial charge in [-0.2, -0.15) is 0 Å². The first-order valence-corrected chi connectivity index (χ1v) is 11.8. The Morgan fingerprint density at radius 1 is 1.03 bits per heavy atom. The van der Waals surface area contributed by atoms with Crippen LogP contribution >= 0.6 is 46.4 Å². The second kappa shape index (κ2) is 10.5. The molecule has 2 N–H and O–H groups in total. The Balaban J connectivity index is 1.70. The first kappa shape index (κ1) is 25.3. The van der Waals surface area contributed by atoms with Crippen LogP contribution in [0, 0.1) is 5.82 Å². The molecule has 0 aliphatic carbocycles. The number of benzene rings is 3. The summed E-state index contributed by atoms with van der Waals surface area (Å²) in [6.45, 7) is 0.268. The summed E-state index contributed by atoms with van der Waals surface area (Å²) in [5, 5.41) is 12.7. The number of nitrogens with one attached hydrogen (secondary N) is 1. The van der Waals surface area contributed by atoms with Crippen molar-refractivity contribution in [1.82, 2.24) is 5.32 Å². The van der Waals surface area contributed by atoms with Gasteiger partial charge in [-0.15, -0.1) is 0 Å². The highest BCUT2D eigenvalue weighted by Gasteiger charge is 2.27. The number of hydrogen-bond acceptors (Lipinski definition) is 3. The Morgan fingerprint density at radius 3 is 2.31 bits per heavy atom. The quantitative estimate of drug-likeness (QED) is 0.346. The van der Waals surface area contributed by atoms with E-state index in [0.29, 0.717) is 28.0 Å². The third-order valence-corrected chi connectivity index (χ3v) is 6.61. The van der Waals surface area contributed by atoms with Crippen molar-refractivity contribution in [3.63, 3.8) is 0 Å². The fourth-order valence-corrected chi connectivity index (χ4v) is 5.05. The molecule has 0 spiro atoms. The number of carbonyl (C=O) groups excluding carboxylic acids is 1. The average molecular weight is 555 g/mol. The van der Waals surface area contributed by atoms with Gasteiger partial charge in [-0.3, -0.25) is 4.79 Å². The molecule has 1 heterocycles. The third kappa shape index (κ3) is 5.26. The Morgan fingerprint density at radius 2 is 1.69 bits per heavy atom. The lowest BCUT2D eigenvalue weighted by Crippen LogP contribution is -2.42. The third-order valence-electron chi connectivity index (χ3n) is 5.39. The van der Waals surface area contributed by atoms with Crippen molar-refractivity contribution in [2.45, 2.75) is 12.5 Å². The topological polar surface area (TPSA) is 75.6 Å². The standard InChI is InChI=1S/C25H16Cl4FNO4/c26-16-4-1-5-17(27)22(16)24(32)31-20(25(33)34)9-12-6-7-15(23-14(12)3-2-8-35-23)21-18(28)10-13(30)11-19(21)29/h1-7,10-11,20H,8-9H2,(H,31,32)(H,33,34). The number of halogens is 5. The van der Waals surface area contributed by atoms with Gasteiger partial charge in [0.05, 0.1) is 25.7 Å². The Hall–Kier alpha value is -2.77. The fraction of sp³-hybridized carbons (Fsp3) is 0.120. The van der Waals surface area contributed by atoms with E-state index in [-0.39, 0.29) is 38.7 Å². The summed E-state index contributed by atoms with van der Waals surface area (Å²) in [4.78, 5) is 24.8. The van der Waals surface area contributed by atoms with Gasteiger partial charge < -0.3 is 15.2 Å². The molecule has 4 rings (SSSR count). The lowest BCUT2D eigenvalue weighted by molar-refractivity contribution is -0.139. The maximum atomic E-state index is 13.7. The van der Waals surface area contributed by atoms with Crippen LogP contribution in [0.15, 0.2) is 48.5 Å². The molecular weight excluding hydrogens is 539 g/mol. The zero-order valence-corrected chi connectivity index (χ0v) is 20.8. The second-order valence-electron chi connectivity index (χ2n) is 7.64. The first-order chi connectivity index (χ1) is 16.7. The molecule has 0 radical (unpaired) electrons. The Bertz CT molecular complexity index is 1330. The fourth-order valence-electron chi connectivity index (χ4n) is 3.82. The molecule has 1 amide bonds. The van der Waals surface area contributed by atoms with Crippen molar-refractivity contribution in [3.8, 4) is 16.9 Å². The number of aliphatic carboxylic acids is 1. The first-order valence-electron chi connectivity index (χ1n) is 10.2. The van der Waals surface area contributed by atoms with Gasteiger partial charge in [-0.05, 0) is 35.9 Å². The monoisotopic (exact) mass is 553 g/mol. The minimum absolute atomic E-state index is 0.0108. The van der Waals surface area contributed by atoms with Gasteiger partial charge in [-0.1, -0.05) is 70.7 Å². The van der Waals surface area contributed by atoms with Crippen LogP contribution in [0.4, 0.5) is 4.39 Å². The molecule has 10 heteroatoms. The van der Waals surface area contributed by atoms with Gasteiger partial charge >= 0.3 is 5.97 Å². The number of carboxylic acids is 1. The van der Waals surface area contributed by atoms with Crippen LogP contribution < -0.4 is 10.1 Å². The van der Waals surface area contributed by atoms with Crippen molar-refractivity contribution in [2.24, 2.45) is 0 Å². The highest BCUT2D eigenvalue weighted by atomic mass is 35.5. The van der Waals surface area contributed by atoms with E-state index >= 15 is 0 Å². The van der Waals surface area contributed by atoms with Gasteiger partial charge in [0.15, 0.2) is 0 Å². The summed E-state index contributed by atoms with van der Waals surface area (Å²) in [6.07, 6.45) is 3.49. The van der Waals surface area contributed by atoms with Crippen molar-refractivity contribution in [2.75, 3.05) is 6.61 Å². The van der Waals surface area contributed by atoms with Gasteiger partial charge in [0.2, 0.25) is 0 Å². The molecule has 3 aromatic rings. The number of ether oxygens (including phenoxy) is 1. The highest BCUT2D eigenvalue weighted by molar-refractivity contribution is 6.40. The molecule has 180 valence electrons. The summed E-state index contributed by atoms with van der Waals surface area (Å²) in [6, 6.07) is 8.92. The van der Waals surface area contributed by atoms with E-state index in [1.807, 2.05) is 0 Å². The largest absolute Gasteiger partial charge is 0.488 e. The van der Waals surface area contributed by atoms with Gasteiger partial charge in [0, 0.05) is 23.1 Å². The zero-order valence-electron chi connectivity index (χ0n) is 17.7. The Labute approximate surface area is 220 Å². The van der Waals surface area contributed by atoms with E-state index < -0.39 is 23.7 Å². The molecule has 5 nitrogen and oxygen atoms in total. The van der Waals surface area contributed by atoms with E-state index in [4.69, 9.17) is 51.1 Å². The lowest BCUT2D eigenvalue weighted by Gasteiger charge is -2.23. The maximum absolute atomic E-state index is 13.7. The number of carbonyl (C=O) groups is 2. The normalized spacial score (nSPS) is 13.1. The van der Waals surface area contributed by atoms with Crippen molar-refractivity contribution in [1.29, 1.82) is 0 Å².